The molecule has 4 nitrogen and oxygen atoms in total. The van der Waals surface area contributed by atoms with Crippen molar-refractivity contribution in [1.82, 2.24) is 9.88 Å². The highest BCUT2D eigenvalue weighted by Crippen LogP contribution is 2.29. The van der Waals surface area contributed by atoms with Crippen LogP contribution >= 0.6 is 11.6 Å². The van der Waals surface area contributed by atoms with Gasteiger partial charge in [0.1, 0.15) is 5.75 Å². The fourth-order valence-electron chi connectivity index (χ4n) is 3.42. The van der Waals surface area contributed by atoms with Crippen molar-refractivity contribution in [3.8, 4) is 5.75 Å². The van der Waals surface area contributed by atoms with E-state index in [0.29, 0.717) is 16.3 Å². The standard InChI is InChI=1S/C20H23ClN2O2/c1-14-5-3-7-17(22-14)13-23-10-4-6-15(12-23)20(24)18-11-16(21)8-9-19(18)25-2/h3,5,7-9,11,15H,4,6,10,12-13H2,1-2H3/t15-/m1/s1. The number of ketones is 1. The average Bonchev–Trinajstić information content (AvgIpc) is 2.61. The minimum absolute atomic E-state index is 0.0362. The minimum Gasteiger partial charge on any atom is -0.496 e. The normalized spacial score (nSPS) is 18.1. The number of piperidine rings is 1. The van der Waals surface area contributed by atoms with Crippen molar-refractivity contribution >= 4 is 17.4 Å². The predicted molar refractivity (Wildman–Crippen MR) is 99.3 cm³/mol. The van der Waals surface area contributed by atoms with Crippen molar-refractivity contribution < 1.29 is 9.53 Å². The van der Waals surface area contributed by atoms with Gasteiger partial charge in [0.05, 0.1) is 18.4 Å². The summed E-state index contributed by atoms with van der Waals surface area (Å²) >= 11 is 6.08. The Hall–Kier alpha value is -1.91. The summed E-state index contributed by atoms with van der Waals surface area (Å²) in [6, 6.07) is 11.3. The van der Waals surface area contributed by atoms with Crippen LogP contribution in [0.3, 0.4) is 0 Å². The molecule has 0 amide bonds. The zero-order valence-electron chi connectivity index (χ0n) is 14.7. The summed E-state index contributed by atoms with van der Waals surface area (Å²) in [6.07, 6.45) is 1.90. The summed E-state index contributed by atoms with van der Waals surface area (Å²) < 4.78 is 5.34. The molecule has 2 aromatic rings. The number of methoxy groups -OCH3 is 1. The molecule has 1 saturated heterocycles. The van der Waals surface area contributed by atoms with Crippen LogP contribution in [0.2, 0.25) is 5.02 Å². The van der Waals surface area contributed by atoms with Gasteiger partial charge in [0, 0.05) is 29.7 Å². The van der Waals surface area contributed by atoms with Crippen LogP contribution in [0.25, 0.3) is 0 Å². The van der Waals surface area contributed by atoms with Gasteiger partial charge in [0.25, 0.3) is 0 Å². The molecule has 0 spiro atoms. The Kier molecular flexibility index (Phi) is 5.71. The highest BCUT2D eigenvalue weighted by molar-refractivity contribution is 6.31. The first kappa shape index (κ1) is 17.9. The maximum absolute atomic E-state index is 13.0. The van der Waals surface area contributed by atoms with E-state index in [1.165, 1.54) is 0 Å². The summed E-state index contributed by atoms with van der Waals surface area (Å²) in [4.78, 5) is 19.9. The zero-order valence-corrected chi connectivity index (χ0v) is 15.4. The molecule has 1 aliphatic heterocycles. The minimum atomic E-state index is -0.0362. The second kappa shape index (κ2) is 7.98. The number of aryl methyl sites for hydroxylation is 1. The monoisotopic (exact) mass is 358 g/mol. The van der Waals surface area contributed by atoms with E-state index in [9.17, 15) is 4.79 Å². The summed E-state index contributed by atoms with van der Waals surface area (Å²) in [7, 11) is 1.58. The number of carbonyl (C=O) groups is 1. The Morgan fingerprint density at radius 1 is 1.36 bits per heavy atom. The summed E-state index contributed by atoms with van der Waals surface area (Å²) in [5, 5.41) is 0.556. The number of pyridine rings is 1. The molecule has 0 bridgehead atoms. The van der Waals surface area contributed by atoms with E-state index in [1.807, 2.05) is 25.1 Å². The lowest BCUT2D eigenvalue weighted by molar-refractivity contribution is 0.0807. The molecule has 1 aromatic carbocycles. The molecule has 1 atom stereocenters. The van der Waals surface area contributed by atoms with Crippen LogP contribution < -0.4 is 4.74 Å². The fourth-order valence-corrected chi connectivity index (χ4v) is 3.59. The molecule has 0 N–H and O–H groups in total. The van der Waals surface area contributed by atoms with E-state index in [-0.39, 0.29) is 11.7 Å². The lowest BCUT2D eigenvalue weighted by Gasteiger charge is -2.32. The molecular weight excluding hydrogens is 336 g/mol. The maximum atomic E-state index is 13.0. The molecule has 3 rings (SSSR count). The maximum Gasteiger partial charge on any atom is 0.170 e. The lowest BCUT2D eigenvalue weighted by Crippen LogP contribution is -2.38. The van der Waals surface area contributed by atoms with E-state index in [1.54, 1.807) is 25.3 Å². The Morgan fingerprint density at radius 2 is 2.20 bits per heavy atom. The van der Waals surface area contributed by atoms with Crippen LogP contribution in [0.5, 0.6) is 5.75 Å². The third kappa shape index (κ3) is 4.39. The van der Waals surface area contributed by atoms with Gasteiger partial charge in [0.2, 0.25) is 0 Å². The number of carbonyl (C=O) groups excluding carboxylic acids is 1. The highest BCUT2D eigenvalue weighted by atomic mass is 35.5. The summed E-state index contributed by atoms with van der Waals surface area (Å²) in [5.74, 6) is 0.666. The number of benzene rings is 1. The molecule has 0 radical (unpaired) electrons. The molecule has 2 heterocycles. The molecule has 1 fully saturated rings. The first-order chi connectivity index (χ1) is 12.1. The quantitative estimate of drug-likeness (QED) is 0.753. The number of halogens is 1. The van der Waals surface area contributed by atoms with E-state index < -0.39 is 0 Å². The molecular formula is C20H23ClN2O2. The van der Waals surface area contributed by atoms with E-state index in [0.717, 1.165) is 43.9 Å². The van der Waals surface area contributed by atoms with Gasteiger partial charge >= 0.3 is 0 Å². The number of ether oxygens (including phenoxy) is 1. The molecule has 25 heavy (non-hydrogen) atoms. The number of likely N-dealkylation sites (tertiary alicyclic amines) is 1. The molecule has 1 aromatic heterocycles. The van der Waals surface area contributed by atoms with Crippen LogP contribution in [0, 0.1) is 12.8 Å². The second-order valence-corrected chi connectivity index (χ2v) is 6.99. The molecule has 0 aliphatic carbocycles. The second-order valence-electron chi connectivity index (χ2n) is 6.55. The molecule has 5 heteroatoms. The van der Waals surface area contributed by atoms with Gasteiger partial charge in [-0.25, -0.2) is 0 Å². The number of Topliss-reactive ketones (excluding diaryl/α,β-unsaturated/α-hetero) is 1. The first-order valence-electron chi connectivity index (χ1n) is 8.59. The van der Waals surface area contributed by atoms with Crippen molar-refractivity contribution in [2.24, 2.45) is 5.92 Å². The van der Waals surface area contributed by atoms with Crippen LogP contribution in [-0.2, 0) is 6.54 Å². The number of aromatic nitrogens is 1. The van der Waals surface area contributed by atoms with Gasteiger partial charge in [-0.3, -0.25) is 14.7 Å². The van der Waals surface area contributed by atoms with Gasteiger partial charge in [-0.05, 0) is 56.6 Å². The summed E-state index contributed by atoms with van der Waals surface area (Å²) in [6.45, 7) is 4.51. The van der Waals surface area contributed by atoms with Crippen molar-refractivity contribution in [2.75, 3.05) is 20.2 Å². The first-order valence-corrected chi connectivity index (χ1v) is 8.97. The van der Waals surface area contributed by atoms with E-state index in [4.69, 9.17) is 16.3 Å². The van der Waals surface area contributed by atoms with Crippen LogP contribution in [0.15, 0.2) is 36.4 Å². The van der Waals surface area contributed by atoms with Crippen molar-refractivity contribution in [3.63, 3.8) is 0 Å². The van der Waals surface area contributed by atoms with Gasteiger partial charge in [0.15, 0.2) is 5.78 Å². The highest BCUT2D eigenvalue weighted by Gasteiger charge is 2.28. The smallest absolute Gasteiger partial charge is 0.170 e. The van der Waals surface area contributed by atoms with Crippen molar-refractivity contribution in [1.29, 1.82) is 0 Å². The third-order valence-electron chi connectivity index (χ3n) is 4.63. The van der Waals surface area contributed by atoms with E-state index in [2.05, 4.69) is 9.88 Å². The van der Waals surface area contributed by atoms with E-state index >= 15 is 0 Å². The number of rotatable bonds is 5. The van der Waals surface area contributed by atoms with Gasteiger partial charge in [-0.2, -0.15) is 0 Å². The number of hydrogen-bond acceptors (Lipinski definition) is 4. The third-order valence-corrected chi connectivity index (χ3v) is 4.87. The van der Waals surface area contributed by atoms with Crippen LogP contribution in [-0.4, -0.2) is 35.9 Å². The largest absolute Gasteiger partial charge is 0.496 e. The Balaban J connectivity index is 1.72. The van der Waals surface area contributed by atoms with Crippen LogP contribution in [0.4, 0.5) is 0 Å². The Labute approximate surface area is 153 Å². The summed E-state index contributed by atoms with van der Waals surface area (Å²) in [5.41, 5.74) is 2.65. The predicted octanol–water partition coefficient (Wildman–Crippen LogP) is 4.15. The Morgan fingerprint density at radius 3 is 2.96 bits per heavy atom. The van der Waals surface area contributed by atoms with Crippen molar-refractivity contribution in [2.45, 2.75) is 26.3 Å². The Bertz CT molecular complexity index is 763. The molecule has 132 valence electrons. The van der Waals surface area contributed by atoms with Crippen molar-refractivity contribution in [3.05, 3.63) is 58.4 Å². The topological polar surface area (TPSA) is 42.4 Å². The van der Waals surface area contributed by atoms with Gasteiger partial charge in [-0.1, -0.05) is 17.7 Å². The zero-order chi connectivity index (χ0) is 17.8. The van der Waals surface area contributed by atoms with Gasteiger partial charge in [-0.15, -0.1) is 0 Å². The SMILES string of the molecule is COc1ccc(Cl)cc1C(=O)[C@@H]1CCCN(Cc2cccc(C)n2)C1. The average molecular weight is 359 g/mol. The molecule has 1 aliphatic rings. The number of nitrogens with zero attached hydrogens (tertiary/aromatic N) is 2. The molecule has 0 saturated carbocycles. The fraction of sp³-hybridized carbons (Fsp3) is 0.400. The lowest BCUT2D eigenvalue weighted by atomic mass is 9.89. The number of hydrogen-bond donors (Lipinski definition) is 0. The molecule has 0 unspecified atom stereocenters. The van der Waals surface area contributed by atoms with Crippen LogP contribution in [0.1, 0.15) is 34.6 Å². The van der Waals surface area contributed by atoms with Gasteiger partial charge < -0.3 is 4.74 Å².